The van der Waals surface area contributed by atoms with E-state index in [9.17, 15) is 0 Å². The van der Waals surface area contributed by atoms with E-state index in [4.69, 9.17) is 0 Å². The molecule has 0 atom stereocenters. The molecule has 0 N–H and O–H groups in total. The number of hydrogen-bond acceptors (Lipinski definition) is 0. The van der Waals surface area contributed by atoms with Crippen LogP contribution in [-0.4, -0.2) is 4.57 Å². The summed E-state index contributed by atoms with van der Waals surface area (Å²) in [5.74, 6) is 0. The zero-order valence-corrected chi connectivity index (χ0v) is 34.3. The van der Waals surface area contributed by atoms with Crippen LogP contribution in [0.15, 0.2) is 224 Å². The Labute approximate surface area is 363 Å². The number of aromatic nitrogens is 1. The summed E-state index contributed by atoms with van der Waals surface area (Å²) in [6.45, 7) is 0. The first-order chi connectivity index (χ1) is 31.3. The van der Waals surface area contributed by atoms with Gasteiger partial charge in [0.25, 0.3) is 0 Å². The average Bonchev–Trinajstić information content (AvgIpc) is 3.70. The van der Waals surface area contributed by atoms with E-state index in [-0.39, 0.29) is 0 Å². The minimum absolute atomic E-state index is 1.15. The van der Waals surface area contributed by atoms with Crippen molar-refractivity contribution in [3.8, 4) is 27.9 Å². The molecule has 13 aromatic carbocycles. The topological polar surface area (TPSA) is 4.93 Å². The number of hydrogen-bond donors (Lipinski definition) is 0. The summed E-state index contributed by atoms with van der Waals surface area (Å²) in [5, 5.41) is 23.0. The molecular formula is C62H37N. The lowest BCUT2D eigenvalue weighted by Gasteiger charge is -2.15. The second-order valence-electron chi connectivity index (χ2n) is 17.1. The smallest absolute Gasteiger partial charge is 0.0553 e. The summed E-state index contributed by atoms with van der Waals surface area (Å²) in [7, 11) is 0. The average molecular weight is 796 g/mol. The molecule has 0 radical (unpaired) electrons. The molecule has 1 heteroatoms. The van der Waals surface area contributed by atoms with Gasteiger partial charge in [0.05, 0.1) is 11.0 Å². The molecular weight excluding hydrogens is 759 g/mol. The van der Waals surface area contributed by atoms with Gasteiger partial charge in [-0.2, -0.15) is 0 Å². The Bertz CT molecular complexity index is 3920. The molecule has 63 heavy (non-hydrogen) atoms. The summed E-state index contributed by atoms with van der Waals surface area (Å²) in [6, 6.07) is 83.7. The van der Waals surface area contributed by atoms with Crippen molar-refractivity contribution in [2.75, 3.05) is 0 Å². The fourth-order valence-corrected chi connectivity index (χ4v) is 11.2. The van der Waals surface area contributed by atoms with Crippen molar-refractivity contribution in [2.24, 2.45) is 0 Å². The maximum Gasteiger partial charge on any atom is 0.0553 e. The predicted molar refractivity (Wildman–Crippen MR) is 272 cm³/mol. The van der Waals surface area contributed by atoms with Crippen molar-refractivity contribution in [3.63, 3.8) is 0 Å². The van der Waals surface area contributed by atoms with Gasteiger partial charge >= 0.3 is 0 Å². The minimum Gasteiger partial charge on any atom is -0.309 e. The standard InChI is InChI=1S/C62H37N/c1-2-16-40(17-3-1)63-59-36-55(38-30-32-51-45-22-6-4-18-41(45)43-20-8-10-24-47(43)57(51)34-38)49-26-12-14-28-53(49)61(59)62-54-29-15-13-27-50(54)56(37-60(62)63)39-31-33-52-46-23-7-5-19-42(46)44-21-9-11-25-48(44)58(52)35-39/h1-37H. The first-order valence-corrected chi connectivity index (χ1v) is 21.9. The number of nitrogens with zero attached hydrogens (tertiary/aromatic N) is 1. The third-order valence-corrected chi connectivity index (χ3v) is 13.9. The molecule has 0 saturated carbocycles. The van der Waals surface area contributed by atoms with Crippen LogP contribution in [0.5, 0.6) is 0 Å². The van der Waals surface area contributed by atoms with Gasteiger partial charge in [-0.1, -0.05) is 188 Å². The molecule has 0 aliphatic rings. The van der Waals surface area contributed by atoms with Crippen molar-refractivity contribution < 1.29 is 0 Å². The maximum absolute atomic E-state index is 2.52. The SMILES string of the molecule is c1ccc(-n2c3cc(-c4ccc5c6ccccc6c6ccccc6c5c4)c4ccccc4c3c3c4ccccc4c(-c4ccc5c6ccccc6c6ccccc6c5c4)cc32)cc1. The number of fused-ring (bicyclic) bond motifs is 19. The van der Waals surface area contributed by atoms with Crippen LogP contribution < -0.4 is 0 Å². The third kappa shape index (κ3) is 4.88. The highest BCUT2D eigenvalue weighted by Crippen LogP contribution is 2.48. The lowest BCUT2D eigenvalue weighted by atomic mass is 9.89. The van der Waals surface area contributed by atoms with E-state index in [0.29, 0.717) is 0 Å². The number of rotatable bonds is 3. The molecule has 0 unspecified atom stereocenters. The van der Waals surface area contributed by atoms with Gasteiger partial charge < -0.3 is 4.57 Å². The highest BCUT2D eigenvalue weighted by molar-refractivity contribution is 6.33. The Balaban J connectivity index is 1.10. The van der Waals surface area contributed by atoms with Gasteiger partial charge in [-0.3, -0.25) is 0 Å². The van der Waals surface area contributed by atoms with E-state index < -0.39 is 0 Å². The quantitative estimate of drug-likeness (QED) is 0.157. The summed E-state index contributed by atoms with van der Waals surface area (Å²) in [5.41, 5.74) is 8.44. The Morgan fingerprint density at radius 3 is 0.857 bits per heavy atom. The Hall–Kier alpha value is -8.26. The Morgan fingerprint density at radius 1 is 0.206 bits per heavy atom. The lowest BCUT2D eigenvalue weighted by molar-refractivity contribution is 1.18. The molecule has 290 valence electrons. The predicted octanol–water partition coefficient (Wildman–Crippen LogP) is 17.3. The summed E-state index contributed by atoms with van der Waals surface area (Å²) in [4.78, 5) is 0. The van der Waals surface area contributed by atoms with Crippen LogP contribution in [0, 0.1) is 0 Å². The van der Waals surface area contributed by atoms with Crippen LogP contribution in [0.2, 0.25) is 0 Å². The minimum atomic E-state index is 1.15. The molecule has 0 saturated heterocycles. The van der Waals surface area contributed by atoms with E-state index in [1.165, 1.54) is 130 Å². The van der Waals surface area contributed by atoms with Gasteiger partial charge in [0.15, 0.2) is 0 Å². The molecule has 14 aromatic rings. The van der Waals surface area contributed by atoms with Crippen LogP contribution >= 0.6 is 0 Å². The Kier molecular flexibility index (Phi) is 7.17. The monoisotopic (exact) mass is 795 g/mol. The highest BCUT2D eigenvalue weighted by Gasteiger charge is 2.22. The summed E-state index contributed by atoms with van der Waals surface area (Å²) in [6.07, 6.45) is 0. The van der Waals surface area contributed by atoms with Gasteiger partial charge in [0.2, 0.25) is 0 Å². The summed E-state index contributed by atoms with van der Waals surface area (Å²) < 4.78 is 2.52. The molecule has 0 aliphatic carbocycles. The van der Waals surface area contributed by atoms with Crippen LogP contribution in [0.4, 0.5) is 0 Å². The van der Waals surface area contributed by atoms with Crippen molar-refractivity contribution in [1.29, 1.82) is 0 Å². The van der Waals surface area contributed by atoms with E-state index >= 15 is 0 Å². The van der Waals surface area contributed by atoms with E-state index in [0.717, 1.165) is 5.69 Å². The normalized spacial score (nSPS) is 12.1. The van der Waals surface area contributed by atoms with Crippen LogP contribution in [-0.2, 0) is 0 Å². The first-order valence-electron chi connectivity index (χ1n) is 21.9. The van der Waals surface area contributed by atoms with Crippen molar-refractivity contribution in [3.05, 3.63) is 224 Å². The van der Waals surface area contributed by atoms with Gasteiger partial charge in [-0.25, -0.2) is 0 Å². The zero-order valence-electron chi connectivity index (χ0n) is 34.3. The fraction of sp³-hybridized carbons (Fsp3) is 0. The second kappa shape index (κ2) is 13.1. The van der Waals surface area contributed by atoms with Crippen molar-refractivity contribution in [2.45, 2.75) is 0 Å². The van der Waals surface area contributed by atoms with Crippen LogP contribution in [0.25, 0.3) is 136 Å². The van der Waals surface area contributed by atoms with Crippen LogP contribution in [0.3, 0.4) is 0 Å². The first kappa shape index (κ1) is 34.5. The maximum atomic E-state index is 2.52. The van der Waals surface area contributed by atoms with Gasteiger partial charge in [0, 0.05) is 16.5 Å². The Morgan fingerprint density at radius 2 is 0.492 bits per heavy atom. The molecule has 14 rings (SSSR count). The number of para-hydroxylation sites is 1. The second-order valence-corrected chi connectivity index (χ2v) is 17.1. The fourth-order valence-electron chi connectivity index (χ4n) is 11.2. The van der Waals surface area contributed by atoms with E-state index in [1.807, 2.05) is 0 Å². The molecule has 0 aliphatic heterocycles. The van der Waals surface area contributed by atoms with E-state index in [1.54, 1.807) is 0 Å². The van der Waals surface area contributed by atoms with Crippen molar-refractivity contribution >= 4 is 108 Å². The summed E-state index contributed by atoms with van der Waals surface area (Å²) >= 11 is 0. The molecule has 0 amide bonds. The van der Waals surface area contributed by atoms with E-state index in [2.05, 4.69) is 229 Å². The molecule has 0 spiro atoms. The molecule has 1 nitrogen and oxygen atoms in total. The largest absolute Gasteiger partial charge is 0.309 e. The molecule has 0 fully saturated rings. The third-order valence-electron chi connectivity index (χ3n) is 13.9. The van der Waals surface area contributed by atoms with Gasteiger partial charge in [0.1, 0.15) is 0 Å². The molecule has 1 heterocycles. The molecule has 0 bridgehead atoms. The van der Waals surface area contributed by atoms with Crippen LogP contribution in [0.1, 0.15) is 0 Å². The number of benzene rings is 13. The molecule has 1 aromatic heterocycles. The van der Waals surface area contributed by atoms with Gasteiger partial charge in [-0.05, 0) is 145 Å². The lowest BCUT2D eigenvalue weighted by Crippen LogP contribution is -1.95. The zero-order chi connectivity index (χ0) is 41.2. The van der Waals surface area contributed by atoms with Crippen molar-refractivity contribution in [1.82, 2.24) is 4.57 Å². The van der Waals surface area contributed by atoms with Gasteiger partial charge in [-0.15, -0.1) is 0 Å². The highest BCUT2D eigenvalue weighted by atomic mass is 15.0.